The molecule has 0 aliphatic carbocycles. The average Bonchev–Trinajstić information content (AvgIpc) is 3.32. The zero-order chi connectivity index (χ0) is 31.6. The van der Waals surface area contributed by atoms with Gasteiger partial charge in [-0.1, -0.05) is 37.3 Å². The molecule has 234 valence electrons. The van der Waals surface area contributed by atoms with Crippen LogP contribution in [0, 0.1) is 5.82 Å². The first-order chi connectivity index (χ1) is 20.9. The number of benzene rings is 2. The predicted molar refractivity (Wildman–Crippen MR) is 169 cm³/mol. The van der Waals surface area contributed by atoms with Gasteiger partial charge in [-0.25, -0.2) is 22.5 Å². The van der Waals surface area contributed by atoms with Gasteiger partial charge in [0.1, 0.15) is 23.7 Å². The quantitative estimate of drug-likeness (QED) is 0.280. The van der Waals surface area contributed by atoms with Crippen LogP contribution in [0.4, 0.5) is 4.39 Å². The number of hydrogen-bond donors (Lipinski definition) is 1. The molecule has 4 aromatic rings. The second-order valence-corrected chi connectivity index (χ2v) is 14.1. The Kier molecular flexibility index (Phi) is 9.08. The minimum atomic E-state index is -3.87. The topological polar surface area (TPSA) is 106 Å². The second kappa shape index (κ2) is 12.6. The van der Waals surface area contributed by atoms with E-state index < -0.39 is 21.4 Å². The van der Waals surface area contributed by atoms with Crippen LogP contribution in [0.5, 0.6) is 0 Å². The van der Waals surface area contributed by atoms with Gasteiger partial charge in [-0.3, -0.25) is 9.59 Å². The van der Waals surface area contributed by atoms with Crippen molar-refractivity contribution < 1.29 is 17.6 Å². The van der Waals surface area contributed by atoms with Gasteiger partial charge in [-0.15, -0.1) is 0 Å². The molecule has 0 saturated carbocycles. The van der Waals surface area contributed by atoms with Crippen LogP contribution < -0.4 is 10.3 Å². The van der Waals surface area contributed by atoms with Gasteiger partial charge in [0.2, 0.25) is 15.9 Å². The van der Waals surface area contributed by atoms with E-state index in [1.54, 1.807) is 72.8 Å². The van der Waals surface area contributed by atoms with E-state index in [4.69, 9.17) is 4.98 Å². The number of carbonyl (C=O) groups excluding carboxylic acids is 1. The highest BCUT2D eigenvalue weighted by atomic mass is 32.2. The summed E-state index contributed by atoms with van der Waals surface area (Å²) in [6, 6.07) is 12.9. The standard InChI is InChI=1S/C33H40FN5O4S/c1-5-11-29-35-27-16-19-38(22-30(40)37-17-9-6-10-18-37)32(41)31(27)39(29)21-24-15-14-23(20-26(24)34)25-12-7-8-13-28(25)44(42,43)36-33(2,3)4/h7-8,12-16,19-20,36H,5-6,9-11,17-18,21-22H2,1-4H3. The molecule has 0 spiro atoms. The van der Waals surface area contributed by atoms with Gasteiger partial charge in [0.25, 0.3) is 5.56 Å². The molecule has 0 radical (unpaired) electrons. The highest BCUT2D eigenvalue weighted by molar-refractivity contribution is 7.89. The van der Waals surface area contributed by atoms with Gasteiger partial charge < -0.3 is 14.0 Å². The Labute approximate surface area is 257 Å². The lowest BCUT2D eigenvalue weighted by Crippen LogP contribution is -2.40. The number of fused-ring (bicyclic) bond motifs is 1. The third-order valence-electron chi connectivity index (χ3n) is 7.75. The number of amides is 1. The molecule has 1 aliphatic heterocycles. The van der Waals surface area contributed by atoms with Crippen molar-refractivity contribution in [2.75, 3.05) is 13.1 Å². The highest BCUT2D eigenvalue weighted by Gasteiger charge is 2.25. The molecule has 1 N–H and O–H groups in total. The molecular formula is C33H40FN5O4S. The lowest BCUT2D eigenvalue weighted by molar-refractivity contribution is -0.132. The number of likely N-dealkylation sites (tertiary alicyclic amines) is 1. The van der Waals surface area contributed by atoms with Crippen LogP contribution in [0.25, 0.3) is 22.2 Å². The number of rotatable bonds is 9. The van der Waals surface area contributed by atoms with Gasteiger partial charge in [0.05, 0.1) is 17.0 Å². The van der Waals surface area contributed by atoms with Crippen molar-refractivity contribution in [3.05, 3.63) is 82.3 Å². The highest BCUT2D eigenvalue weighted by Crippen LogP contribution is 2.30. The molecule has 3 heterocycles. The van der Waals surface area contributed by atoms with Gasteiger partial charge >= 0.3 is 0 Å². The van der Waals surface area contributed by atoms with E-state index in [9.17, 15) is 18.0 Å². The van der Waals surface area contributed by atoms with Gasteiger partial charge in [0.15, 0.2) is 0 Å². The monoisotopic (exact) mass is 621 g/mol. The van der Waals surface area contributed by atoms with E-state index in [1.807, 2.05) is 6.92 Å². The molecule has 44 heavy (non-hydrogen) atoms. The Morgan fingerprint density at radius 1 is 1.05 bits per heavy atom. The molecule has 2 aromatic carbocycles. The molecule has 11 heteroatoms. The first-order valence-corrected chi connectivity index (χ1v) is 16.6. The molecule has 1 saturated heterocycles. The Hall–Kier alpha value is -3.83. The number of pyridine rings is 1. The average molecular weight is 622 g/mol. The summed E-state index contributed by atoms with van der Waals surface area (Å²) in [5, 5.41) is 0. The number of sulfonamides is 1. The summed E-state index contributed by atoms with van der Waals surface area (Å²) in [7, 11) is -3.87. The van der Waals surface area contributed by atoms with Crippen molar-refractivity contribution >= 4 is 27.0 Å². The van der Waals surface area contributed by atoms with Crippen molar-refractivity contribution in [3.8, 4) is 11.1 Å². The molecule has 9 nitrogen and oxygen atoms in total. The normalized spacial score (nSPS) is 14.3. The number of aryl methyl sites for hydroxylation is 1. The van der Waals surface area contributed by atoms with Crippen LogP contribution >= 0.6 is 0 Å². The number of hydrogen-bond acceptors (Lipinski definition) is 5. The van der Waals surface area contributed by atoms with Crippen LogP contribution in [-0.2, 0) is 34.3 Å². The Balaban J connectivity index is 1.50. The Morgan fingerprint density at radius 2 is 1.77 bits per heavy atom. The molecule has 0 atom stereocenters. The summed E-state index contributed by atoms with van der Waals surface area (Å²) in [6.45, 7) is 8.69. The van der Waals surface area contributed by atoms with Crippen LogP contribution in [0.2, 0.25) is 0 Å². The number of nitrogens with zero attached hydrogens (tertiary/aromatic N) is 4. The first kappa shape index (κ1) is 31.6. The smallest absolute Gasteiger partial charge is 0.277 e. The molecule has 0 bridgehead atoms. The van der Waals surface area contributed by atoms with Gasteiger partial charge in [-0.05, 0) is 70.2 Å². The lowest BCUT2D eigenvalue weighted by atomic mass is 10.0. The second-order valence-electron chi connectivity index (χ2n) is 12.4. The largest absolute Gasteiger partial charge is 0.341 e. The number of carbonyl (C=O) groups is 1. The van der Waals surface area contributed by atoms with Crippen molar-refractivity contribution in [2.45, 2.75) is 83.3 Å². The lowest BCUT2D eigenvalue weighted by Gasteiger charge is -2.26. The van der Waals surface area contributed by atoms with E-state index in [-0.39, 0.29) is 29.5 Å². The van der Waals surface area contributed by atoms with Crippen LogP contribution in [0.15, 0.2) is 64.4 Å². The molecule has 1 aliphatic rings. The maximum absolute atomic E-state index is 15.8. The fraction of sp³-hybridized carbons (Fsp3) is 0.424. The van der Waals surface area contributed by atoms with E-state index in [1.165, 1.54) is 16.7 Å². The van der Waals surface area contributed by atoms with E-state index in [0.717, 1.165) is 25.7 Å². The van der Waals surface area contributed by atoms with E-state index in [2.05, 4.69) is 4.72 Å². The van der Waals surface area contributed by atoms with Crippen molar-refractivity contribution in [3.63, 3.8) is 0 Å². The molecule has 2 aromatic heterocycles. The van der Waals surface area contributed by atoms with Crippen molar-refractivity contribution in [1.82, 2.24) is 23.7 Å². The maximum Gasteiger partial charge on any atom is 0.277 e. The van der Waals surface area contributed by atoms with Crippen molar-refractivity contribution in [1.29, 1.82) is 0 Å². The van der Waals surface area contributed by atoms with Crippen LogP contribution in [0.1, 0.15) is 64.8 Å². The summed E-state index contributed by atoms with van der Waals surface area (Å²) < 4.78 is 47.9. The number of aromatic nitrogens is 3. The molecule has 1 fully saturated rings. The van der Waals surface area contributed by atoms with E-state index >= 15 is 4.39 Å². The summed E-state index contributed by atoms with van der Waals surface area (Å²) in [4.78, 5) is 33.2. The zero-order valence-electron chi connectivity index (χ0n) is 25.8. The third kappa shape index (κ3) is 6.78. The zero-order valence-corrected chi connectivity index (χ0v) is 26.6. The maximum atomic E-state index is 15.8. The number of piperidine rings is 1. The minimum absolute atomic E-state index is 0.0570. The van der Waals surface area contributed by atoms with Gasteiger partial charge in [-0.2, -0.15) is 0 Å². The molecule has 0 unspecified atom stereocenters. The number of nitrogens with one attached hydrogen (secondary N) is 1. The molecular weight excluding hydrogens is 581 g/mol. The minimum Gasteiger partial charge on any atom is -0.341 e. The first-order valence-electron chi connectivity index (χ1n) is 15.2. The summed E-state index contributed by atoms with van der Waals surface area (Å²) in [6.07, 6.45) is 6.01. The number of halogens is 1. The van der Waals surface area contributed by atoms with Crippen molar-refractivity contribution in [2.24, 2.45) is 0 Å². The van der Waals surface area contributed by atoms with Crippen LogP contribution in [0.3, 0.4) is 0 Å². The Morgan fingerprint density at radius 3 is 2.45 bits per heavy atom. The summed E-state index contributed by atoms with van der Waals surface area (Å²) in [5.41, 5.74) is 0.936. The molecule has 5 rings (SSSR count). The summed E-state index contributed by atoms with van der Waals surface area (Å²) >= 11 is 0. The molecule has 1 amide bonds. The van der Waals surface area contributed by atoms with E-state index in [0.29, 0.717) is 53.1 Å². The van der Waals surface area contributed by atoms with Crippen LogP contribution in [-0.4, -0.2) is 52.0 Å². The predicted octanol–water partition coefficient (Wildman–Crippen LogP) is 5.09. The number of imidazole rings is 1. The Bertz CT molecular complexity index is 1850. The SMILES string of the molecule is CCCc1nc2ccn(CC(=O)N3CCCCC3)c(=O)c2n1Cc1ccc(-c2ccccc2S(=O)(=O)NC(C)(C)C)cc1F. The fourth-order valence-electron chi connectivity index (χ4n) is 5.73. The fourth-order valence-corrected chi connectivity index (χ4v) is 7.38. The van der Waals surface area contributed by atoms with Gasteiger partial charge in [0, 0.05) is 42.4 Å². The third-order valence-corrected chi connectivity index (χ3v) is 9.56. The summed E-state index contributed by atoms with van der Waals surface area (Å²) in [5.74, 6) is 0.0415.